The van der Waals surface area contributed by atoms with Crippen LogP contribution in [0.5, 0.6) is 0 Å². The molecule has 0 aliphatic carbocycles. The molecule has 0 radical (unpaired) electrons. The van der Waals surface area contributed by atoms with E-state index in [-0.39, 0.29) is 17.0 Å². The quantitative estimate of drug-likeness (QED) is 0.710. The highest BCUT2D eigenvalue weighted by molar-refractivity contribution is 7.89. The van der Waals surface area contributed by atoms with Gasteiger partial charge in [-0.05, 0) is 25.0 Å². The van der Waals surface area contributed by atoms with Crippen molar-refractivity contribution < 1.29 is 22.0 Å². The number of sulfonamides is 1. The summed E-state index contributed by atoms with van der Waals surface area (Å²) in [5.41, 5.74) is 5.87. The number of halogens is 2. The van der Waals surface area contributed by atoms with Crippen LogP contribution in [0, 0.1) is 11.6 Å². The highest BCUT2D eigenvalue weighted by Gasteiger charge is 2.48. The number of rotatable bonds is 4. The molecule has 2 bridgehead atoms. The molecule has 3 aliphatic heterocycles. The highest BCUT2D eigenvalue weighted by atomic mass is 32.2. The lowest BCUT2D eigenvalue weighted by Crippen LogP contribution is -2.61. The maximum absolute atomic E-state index is 13.5. The van der Waals surface area contributed by atoms with Crippen LogP contribution in [-0.2, 0) is 14.8 Å². The molecule has 0 spiro atoms. The lowest BCUT2D eigenvalue weighted by atomic mass is 10.2. The second-order valence-corrected chi connectivity index (χ2v) is 8.32. The second kappa shape index (κ2) is 6.27. The van der Waals surface area contributed by atoms with Gasteiger partial charge in [0.15, 0.2) is 6.29 Å². The average molecular weight is 385 g/mol. The lowest BCUT2D eigenvalue weighted by molar-refractivity contribution is -0.105. The molecule has 3 heterocycles. The van der Waals surface area contributed by atoms with Gasteiger partial charge in [0.2, 0.25) is 10.0 Å². The van der Waals surface area contributed by atoms with Crippen molar-refractivity contribution >= 4 is 16.3 Å². The van der Waals surface area contributed by atoms with Crippen LogP contribution >= 0.6 is 0 Å². The Hall–Kier alpha value is -2.08. The topological polar surface area (TPSA) is 85.0 Å². The summed E-state index contributed by atoms with van der Waals surface area (Å²) in [7, 11) is -4.00. The van der Waals surface area contributed by atoms with Crippen LogP contribution in [0.1, 0.15) is 12.8 Å². The molecule has 1 aromatic carbocycles. The minimum absolute atomic E-state index is 0.319. The molecule has 0 aromatic heterocycles. The van der Waals surface area contributed by atoms with E-state index in [9.17, 15) is 22.0 Å². The Kier molecular flexibility index (Phi) is 4.18. The van der Waals surface area contributed by atoms with Crippen LogP contribution < -0.4 is 11.0 Å². The Morgan fingerprint density at radius 3 is 2.23 bits per heavy atom. The number of carbonyl (C=O) groups excluding carboxylic acids is 1. The van der Waals surface area contributed by atoms with Crippen LogP contribution in [0.25, 0.3) is 0 Å². The summed E-state index contributed by atoms with van der Waals surface area (Å²) in [6.45, 7) is 0.787. The number of piperazine rings is 1. The molecule has 2 fully saturated rings. The molecular weight excluding hydrogens is 368 g/mol. The summed E-state index contributed by atoms with van der Waals surface area (Å²) in [5, 5.41) is 3.50. The molecule has 2 saturated heterocycles. The van der Waals surface area contributed by atoms with Crippen LogP contribution in [0.4, 0.5) is 8.78 Å². The summed E-state index contributed by atoms with van der Waals surface area (Å²) < 4.78 is 54.2. The molecule has 4 rings (SSSR count). The molecule has 3 aliphatic rings. The first-order valence-corrected chi connectivity index (χ1v) is 9.55. The maximum atomic E-state index is 13.5. The third-order valence-electron chi connectivity index (χ3n) is 4.82. The minimum atomic E-state index is -4.00. The van der Waals surface area contributed by atoms with E-state index >= 15 is 0 Å². The second-order valence-electron chi connectivity index (χ2n) is 6.48. The molecular formula is C15H17F2N5O3S. The van der Waals surface area contributed by atoms with E-state index in [0.29, 0.717) is 44.0 Å². The number of nitrogens with one attached hydrogen (secondary N) is 2. The summed E-state index contributed by atoms with van der Waals surface area (Å²) in [6, 6.07) is 1.69. The van der Waals surface area contributed by atoms with E-state index < -0.39 is 21.7 Å². The average Bonchev–Trinajstić information content (AvgIpc) is 3.17. The fraction of sp³-hybridized carbons (Fsp3) is 0.400. The number of hydrazine groups is 3. The van der Waals surface area contributed by atoms with Crippen molar-refractivity contribution in [2.75, 3.05) is 13.1 Å². The van der Waals surface area contributed by atoms with Gasteiger partial charge in [0.25, 0.3) is 0 Å². The summed E-state index contributed by atoms with van der Waals surface area (Å²) in [6.07, 6.45) is 3.56. The van der Waals surface area contributed by atoms with Gasteiger partial charge in [0, 0.05) is 31.2 Å². The summed E-state index contributed by atoms with van der Waals surface area (Å²) >= 11 is 0. The number of carbonyl (C=O) groups is 1. The number of allylic oxidation sites excluding steroid dienone is 1. The monoisotopic (exact) mass is 385 g/mol. The standard InChI is InChI=1S/C15H17F2N5O3S/c16-10-3-11(17)5-15(4-10)26(24,25)22-13-1-2-14(22)8-20(7-13)21-6-12(9-23)18-19-21/h3-6,9,13-14,18-19H,1-2,7-8H2. The fourth-order valence-corrected chi connectivity index (χ4v) is 5.64. The van der Waals surface area contributed by atoms with Crippen LogP contribution in [0.3, 0.4) is 0 Å². The molecule has 11 heteroatoms. The molecule has 2 atom stereocenters. The molecule has 1 aromatic rings. The van der Waals surface area contributed by atoms with Crippen molar-refractivity contribution in [3.63, 3.8) is 0 Å². The van der Waals surface area contributed by atoms with Gasteiger partial charge in [-0.3, -0.25) is 10.2 Å². The van der Waals surface area contributed by atoms with Gasteiger partial charge < -0.3 is 0 Å². The van der Waals surface area contributed by atoms with E-state index in [0.717, 1.165) is 12.1 Å². The first-order valence-electron chi connectivity index (χ1n) is 8.11. The number of hydrogen-bond donors (Lipinski definition) is 2. The van der Waals surface area contributed by atoms with Crippen molar-refractivity contribution in [2.45, 2.75) is 29.8 Å². The molecule has 140 valence electrons. The number of nitrogens with zero attached hydrogens (tertiary/aromatic N) is 3. The molecule has 8 nitrogen and oxygen atoms in total. The summed E-state index contributed by atoms with van der Waals surface area (Å²) in [4.78, 5) is 10.4. The Bertz CT molecular complexity index is 844. The van der Waals surface area contributed by atoms with Gasteiger partial charge >= 0.3 is 0 Å². The smallest absolute Gasteiger partial charge is 0.243 e. The highest BCUT2D eigenvalue weighted by Crippen LogP contribution is 2.36. The number of aldehydes is 1. The maximum Gasteiger partial charge on any atom is 0.243 e. The van der Waals surface area contributed by atoms with E-state index in [1.54, 1.807) is 11.3 Å². The third kappa shape index (κ3) is 2.86. The van der Waals surface area contributed by atoms with Gasteiger partial charge in [-0.25, -0.2) is 27.3 Å². The number of hydrogen-bond acceptors (Lipinski definition) is 7. The molecule has 2 N–H and O–H groups in total. The third-order valence-corrected chi connectivity index (χ3v) is 6.80. The van der Waals surface area contributed by atoms with E-state index in [1.165, 1.54) is 4.31 Å². The minimum Gasteiger partial charge on any atom is -0.298 e. The van der Waals surface area contributed by atoms with Gasteiger partial charge in [0.05, 0.1) is 11.1 Å². The van der Waals surface area contributed by atoms with E-state index in [1.807, 2.05) is 5.01 Å². The van der Waals surface area contributed by atoms with E-state index in [4.69, 9.17) is 0 Å². The fourth-order valence-electron chi connectivity index (χ4n) is 3.74. The zero-order valence-electron chi connectivity index (χ0n) is 13.6. The number of fused-ring (bicyclic) bond motifs is 2. The largest absolute Gasteiger partial charge is 0.298 e. The van der Waals surface area contributed by atoms with Crippen molar-refractivity contribution in [3.05, 3.63) is 41.7 Å². The zero-order valence-corrected chi connectivity index (χ0v) is 14.4. The molecule has 26 heavy (non-hydrogen) atoms. The Labute approximate surface area is 149 Å². The molecule has 2 unspecified atom stereocenters. The van der Waals surface area contributed by atoms with Gasteiger partial charge in [0.1, 0.15) is 17.3 Å². The van der Waals surface area contributed by atoms with Crippen molar-refractivity contribution in [3.8, 4) is 0 Å². The lowest BCUT2D eigenvalue weighted by Gasteiger charge is -2.42. The van der Waals surface area contributed by atoms with Crippen LogP contribution in [-0.4, -0.2) is 54.3 Å². The predicted molar refractivity (Wildman–Crippen MR) is 86.0 cm³/mol. The SMILES string of the molecule is O=CC1=CN(N2CC3CCC(C2)N3S(=O)(=O)c2cc(F)cc(F)c2)NN1. The Morgan fingerprint density at radius 1 is 1.08 bits per heavy atom. The first kappa shape index (κ1) is 17.3. The molecule has 0 saturated carbocycles. The molecule has 0 amide bonds. The zero-order chi connectivity index (χ0) is 18.5. The van der Waals surface area contributed by atoms with Gasteiger partial charge in [-0.1, -0.05) is 0 Å². The Morgan fingerprint density at radius 2 is 1.69 bits per heavy atom. The summed E-state index contributed by atoms with van der Waals surface area (Å²) in [5.74, 6) is -1.85. The van der Waals surface area contributed by atoms with Crippen molar-refractivity contribution in [1.29, 1.82) is 0 Å². The van der Waals surface area contributed by atoms with Crippen LogP contribution in [0.15, 0.2) is 35.0 Å². The normalized spacial score (nSPS) is 26.7. The Balaban J connectivity index is 1.58. The van der Waals surface area contributed by atoms with Crippen LogP contribution in [0.2, 0.25) is 0 Å². The number of benzene rings is 1. The van der Waals surface area contributed by atoms with Gasteiger partial charge in [-0.15, -0.1) is 5.53 Å². The van der Waals surface area contributed by atoms with E-state index in [2.05, 4.69) is 11.0 Å². The van der Waals surface area contributed by atoms with Gasteiger partial charge in [-0.2, -0.15) is 4.31 Å². The van der Waals surface area contributed by atoms with Crippen molar-refractivity contribution in [1.82, 2.24) is 25.4 Å². The predicted octanol–water partition coefficient (Wildman–Crippen LogP) is 0.0822. The first-order chi connectivity index (χ1) is 12.4. The van der Waals surface area contributed by atoms with Crippen molar-refractivity contribution in [2.24, 2.45) is 0 Å².